The predicted molar refractivity (Wildman–Crippen MR) is 118 cm³/mol. The molecule has 30 heavy (non-hydrogen) atoms. The molecule has 6 nitrogen and oxygen atoms in total. The summed E-state index contributed by atoms with van der Waals surface area (Å²) >= 11 is 0. The smallest absolute Gasteiger partial charge is 0.122 e. The fourth-order valence-electron chi connectivity index (χ4n) is 4.22. The van der Waals surface area contributed by atoms with Gasteiger partial charge in [-0.1, -0.05) is 12.1 Å². The van der Waals surface area contributed by atoms with E-state index in [9.17, 15) is 5.11 Å². The van der Waals surface area contributed by atoms with Gasteiger partial charge in [0.1, 0.15) is 17.2 Å². The molecule has 0 amide bonds. The van der Waals surface area contributed by atoms with Crippen molar-refractivity contribution in [3.05, 3.63) is 53.1 Å². The van der Waals surface area contributed by atoms with E-state index >= 15 is 0 Å². The fraction of sp³-hybridized carbons (Fsp3) is 0.500. The van der Waals surface area contributed by atoms with Gasteiger partial charge >= 0.3 is 0 Å². The second-order valence-corrected chi connectivity index (χ2v) is 7.90. The molecule has 1 fully saturated rings. The van der Waals surface area contributed by atoms with E-state index < -0.39 is 0 Å². The molecule has 0 radical (unpaired) electrons. The molecule has 2 aromatic carbocycles. The number of rotatable bonds is 9. The Morgan fingerprint density at radius 3 is 2.23 bits per heavy atom. The number of hydrogen-bond acceptors (Lipinski definition) is 6. The van der Waals surface area contributed by atoms with Crippen molar-refractivity contribution in [2.24, 2.45) is 0 Å². The van der Waals surface area contributed by atoms with Crippen LogP contribution in [0.15, 0.2) is 36.4 Å². The van der Waals surface area contributed by atoms with Crippen LogP contribution < -0.4 is 14.2 Å². The Labute approximate surface area is 180 Å². The van der Waals surface area contributed by atoms with Gasteiger partial charge in [-0.05, 0) is 48.2 Å². The number of nitrogens with zero attached hydrogens (tertiary/aromatic N) is 2. The molecule has 164 valence electrons. The lowest BCUT2D eigenvalue weighted by molar-refractivity contribution is 0.0499. The average Bonchev–Trinajstić information content (AvgIpc) is 2.75. The first-order valence-corrected chi connectivity index (χ1v) is 10.5. The van der Waals surface area contributed by atoms with E-state index in [4.69, 9.17) is 14.2 Å². The Morgan fingerprint density at radius 2 is 1.63 bits per heavy atom. The summed E-state index contributed by atoms with van der Waals surface area (Å²) in [5.41, 5.74) is 3.61. The third-order valence-electron chi connectivity index (χ3n) is 5.81. The van der Waals surface area contributed by atoms with Crippen LogP contribution in [0, 0.1) is 6.92 Å². The van der Waals surface area contributed by atoms with Crippen molar-refractivity contribution < 1.29 is 19.3 Å². The molecule has 1 atom stereocenters. The van der Waals surface area contributed by atoms with Crippen LogP contribution >= 0.6 is 0 Å². The van der Waals surface area contributed by atoms with Gasteiger partial charge in [-0.3, -0.25) is 9.80 Å². The standard InChI is InChI=1S/C24H34N2O4/c1-18-11-19(5-6-24(18)30-4)16-26-9-8-25(17-21(26)7-10-27)15-20-12-22(28-2)14-23(13-20)29-3/h5-6,11-14,21,27H,7-10,15-17H2,1-4H3/t21-/m1/s1. The molecule has 0 aliphatic carbocycles. The van der Waals surface area contributed by atoms with Gasteiger partial charge in [0, 0.05) is 51.4 Å². The van der Waals surface area contributed by atoms with Crippen molar-refractivity contribution in [3.63, 3.8) is 0 Å². The second-order valence-electron chi connectivity index (χ2n) is 7.90. The van der Waals surface area contributed by atoms with Gasteiger partial charge in [0.2, 0.25) is 0 Å². The molecule has 1 saturated heterocycles. The van der Waals surface area contributed by atoms with Crippen LogP contribution in [0.1, 0.15) is 23.1 Å². The Balaban J connectivity index is 1.67. The molecule has 0 unspecified atom stereocenters. The van der Waals surface area contributed by atoms with Crippen molar-refractivity contribution in [1.82, 2.24) is 9.80 Å². The number of aliphatic hydroxyl groups is 1. The predicted octanol–water partition coefficient (Wildman–Crippen LogP) is 3.09. The van der Waals surface area contributed by atoms with Gasteiger partial charge in [-0.25, -0.2) is 0 Å². The highest BCUT2D eigenvalue weighted by Crippen LogP contribution is 2.26. The van der Waals surface area contributed by atoms with Gasteiger partial charge in [-0.15, -0.1) is 0 Å². The molecule has 0 saturated carbocycles. The van der Waals surface area contributed by atoms with Crippen molar-refractivity contribution in [2.45, 2.75) is 32.5 Å². The molecule has 0 aromatic heterocycles. The van der Waals surface area contributed by atoms with Crippen molar-refractivity contribution >= 4 is 0 Å². The topological polar surface area (TPSA) is 54.4 Å². The summed E-state index contributed by atoms with van der Waals surface area (Å²) in [7, 11) is 5.06. The zero-order chi connectivity index (χ0) is 21.5. The molecule has 0 bridgehead atoms. The zero-order valence-corrected chi connectivity index (χ0v) is 18.6. The molecular weight excluding hydrogens is 380 g/mol. The number of ether oxygens (including phenoxy) is 3. The Morgan fingerprint density at radius 1 is 0.900 bits per heavy atom. The van der Waals surface area contributed by atoms with Gasteiger partial charge in [0.15, 0.2) is 0 Å². The fourth-order valence-corrected chi connectivity index (χ4v) is 4.22. The van der Waals surface area contributed by atoms with Crippen LogP contribution in [0.4, 0.5) is 0 Å². The van der Waals surface area contributed by atoms with Gasteiger partial charge < -0.3 is 19.3 Å². The Bertz CT molecular complexity index is 805. The lowest BCUT2D eigenvalue weighted by atomic mass is 10.0. The molecule has 2 aromatic rings. The molecule has 3 rings (SSSR count). The molecule has 1 aliphatic rings. The lowest BCUT2D eigenvalue weighted by Gasteiger charge is -2.41. The van der Waals surface area contributed by atoms with Gasteiger partial charge in [-0.2, -0.15) is 0 Å². The summed E-state index contributed by atoms with van der Waals surface area (Å²) in [6, 6.07) is 12.7. The summed E-state index contributed by atoms with van der Waals surface area (Å²) in [4.78, 5) is 4.93. The summed E-state index contributed by atoms with van der Waals surface area (Å²) in [5, 5.41) is 9.63. The molecule has 6 heteroatoms. The maximum Gasteiger partial charge on any atom is 0.122 e. The largest absolute Gasteiger partial charge is 0.497 e. The minimum absolute atomic E-state index is 0.198. The minimum Gasteiger partial charge on any atom is -0.497 e. The van der Waals surface area contributed by atoms with Gasteiger partial charge in [0.05, 0.1) is 21.3 Å². The molecule has 0 spiro atoms. The zero-order valence-electron chi connectivity index (χ0n) is 18.6. The van der Waals surface area contributed by atoms with Gasteiger partial charge in [0.25, 0.3) is 0 Å². The average molecular weight is 415 g/mol. The first-order valence-electron chi connectivity index (χ1n) is 10.5. The highest BCUT2D eigenvalue weighted by Gasteiger charge is 2.27. The van der Waals surface area contributed by atoms with E-state index in [1.807, 2.05) is 12.1 Å². The van der Waals surface area contributed by atoms with Crippen molar-refractivity contribution in [3.8, 4) is 17.2 Å². The molecule has 1 N–H and O–H groups in total. The molecule has 1 heterocycles. The molecule has 1 aliphatic heterocycles. The maximum absolute atomic E-state index is 9.63. The number of aliphatic hydroxyl groups excluding tert-OH is 1. The Hall–Kier alpha value is -2.28. The normalized spacial score (nSPS) is 17.7. The first kappa shape index (κ1) is 22.4. The van der Waals surface area contributed by atoms with Crippen LogP contribution in [0.5, 0.6) is 17.2 Å². The highest BCUT2D eigenvalue weighted by atomic mass is 16.5. The second kappa shape index (κ2) is 10.7. The van der Waals surface area contributed by atoms with Crippen LogP contribution in [0.25, 0.3) is 0 Å². The number of aryl methyl sites for hydroxylation is 1. The minimum atomic E-state index is 0.198. The summed E-state index contributed by atoms with van der Waals surface area (Å²) in [5.74, 6) is 2.54. The third kappa shape index (κ3) is 5.65. The van der Waals surface area contributed by atoms with Crippen LogP contribution in [0.3, 0.4) is 0 Å². The van der Waals surface area contributed by atoms with E-state index in [1.165, 1.54) is 11.1 Å². The van der Waals surface area contributed by atoms with E-state index in [1.54, 1.807) is 21.3 Å². The summed E-state index contributed by atoms with van der Waals surface area (Å²) in [6.07, 6.45) is 0.771. The number of piperazine rings is 1. The third-order valence-corrected chi connectivity index (χ3v) is 5.81. The van der Waals surface area contributed by atoms with Crippen molar-refractivity contribution in [2.75, 3.05) is 47.6 Å². The lowest BCUT2D eigenvalue weighted by Crippen LogP contribution is -2.52. The summed E-state index contributed by atoms with van der Waals surface area (Å²) < 4.78 is 16.2. The van der Waals surface area contributed by atoms with Crippen molar-refractivity contribution in [1.29, 1.82) is 0 Å². The van der Waals surface area contributed by atoms with E-state index in [0.29, 0.717) is 6.04 Å². The van der Waals surface area contributed by atoms with Crippen LogP contribution in [-0.2, 0) is 13.1 Å². The number of hydrogen-bond donors (Lipinski definition) is 1. The molecular formula is C24H34N2O4. The SMILES string of the molecule is COc1cc(CN2CCN(Cc3ccc(OC)c(C)c3)[C@H](CCO)C2)cc(OC)c1. The monoisotopic (exact) mass is 414 g/mol. The van der Waals surface area contributed by atoms with E-state index in [0.717, 1.165) is 62.0 Å². The number of methoxy groups -OCH3 is 3. The van der Waals surface area contributed by atoms with E-state index in [2.05, 4.69) is 41.0 Å². The Kier molecular flexibility index (Phi) is 7.96. The summed E-state index contributed by atoms with van der Waals surface area (Å²) in [6.45, 7) is 6.88. The maximum atomic E-state index is 9.63. The first-order chi connectivity index (χ1) is 14.6. The quantitative estimate of drug-likeness (QED) is 0.681. The van der Waals surface area contributed by atoms with Crippen LogP contribution in [-0.4, -0.2) is 68.5 Å². The van der Waals surface area contributed by atoms with E-state index in [-0.39, 0.29) is 6.61 Å². The van der Waals surface area contributed by atoms with Crippen LogP contribution in [0.2, 0.25) is 0 Å². The highest BCUT2D eigenvalue weighted by molar-refractivity contribution is 5.38. The number of benzene rings is 2.